The molecular formula is C16H18ClF. The molecule has 1 aromatic carbocycles. The third-order valence-corrected chi connectivity index (χ3v) is 6.00. The molecule has 0 aromatic heterocycles. The first-order valence-electron chi connectivity index (χ1n) is 7.12. The molecule has 3 aliphatic rings. The lowest BCUT2D eigenvalue weighted by Crippen LogP contribution is -2.13. The Bertz CT molecular complexity index is 439. The maximum Gasteiger partial charge on any atom is 0.123 e. The molecule has 5 atom stereocenters. The molecule has 4 rings (SSSR count). The van der Waals surface area contributed by atoms with Crippen LogP contribution in [0.2, 0.25) is 0 Å². The molecule has 96 valence electrons. The molecule has 2 heteroatoms. The Labute approximate surface area is 113 Å². The smallest absolute Gasteiger partial charge is 0.123 e. The lowest BCUT2D eigenvalue weighted by molar-refractivity contribution is 0.449. The summed E-state index contributed by atoms with van der Waals surface area (Å²) in [5.41, 5.74) is 1.17. The Hall–Kier alpha value is -0.560. The molecule has 3 saturated carbocycles. The SMILES string of the molecule is Fc1ccc(CC(Cl)C2C3C4CCC(C4)C23)cc1. The molecule has 0 N–H and O–H groups in total. The Morgan fingerprint density at radius 2 is 1.72 bits per heavy atom. The summed E-state index contributed by atoms with van der Waals surface area (Å²) in [6.07, 6.45) is 5.27. The highest BCUT2D eigenvalue weighted by molar-refractivity contribution is 6.21. The molecule has 1 aromatic rings. The lowest BCUT2D eigenvalue weighted by atomic mass is 9.97. The molecule has 5 unspecified atom stereocenters. The van der Waals surface area contributed by atoms with E-state index in [-0.39, 0.29) is 11.2 Å². The van der Waals surface area contributed by atoms with Crippen molar-refractivity contribution in [2.75, 3.05) is 0 Å². The number of hydrogen-bond acceptors (Lipinski definition) is 0. The van der Waals surface area contributed by atoms with Gasteiger partial charge in [0.15, 0.2) is 0 Å². The number of fused-ring (bicyclic) bond motifs is 5. The summed E-state index contributed by atoms with van der Waals surface area (Å²) < 4.78 is 12.9. The Morgan fingerprint density at radius 3 is 2.33 bits per heavy atom. The highest BCUT2D eigenvalue weighted by Crippen LogP contribution is 2.71. The van der Waals surface area contributed by atoms with Gasteiger partial charge >= 0.3 is 0 Å². The molecular weight excluding hydrogens is 247 g/mol. The van der Waals surface area contributed by atoms with Crippen molar-refractivity contribution >= 4 is 11.6 Å². The van der Waals surface area contributed by atoms with Crippen LogP contribution in [0.5, 0.6) is 0 Å². The molecule has 0 heterocycles. The van der Waals surface area contributed by atoms with E-state index in [9.17, 15) is 4.39 Å². The van der Waals surface area contributed by atoms with Crippen LogP contribution in [0.25, 0.3) is 0 Å². The van der Waals surface area contributed by atoms with Crippen LogP contribution in [-0.2, 0) is 6.42 Å². The predicted octanol–water partition coefficient (Wildman–Crippen LogP) is 4.27. The minimum atomic E-state index is -0.161. The van der Waals surface area contributed by atoms with E-state index in [2.05, 4.69) is 0 Å². The van der Waals surface area contributed by atoms with E-state index >= 15 is 0 Å². The van der Waals surface area contributed by atoms with Crippen molar-refractivity contribution in [1.82, 2.24) is 0 Å². The van der Waals surface area contributed by atoms with Crippen LogP contribution in [0, 0.1) is 35.4 Å². The number of halogens is 2. The molecule has 0 aliphatic heterocycles. The van der Waals surface area contributed by atoms with Crippen LogP contribution in [0.4, 0.5) is 4.39 Å². The van der Waals surface area contributed by atoms with Crippen molar-refractivity contribution in [1.29, 1.82) is 0 Å². The summed E-state index contributed by atoms with van der Waals surface area (Å²) in [6.45, 7) is 0. The highest BCUT2D eigenvalue weighted by Gasteiger charge is 2.66. The van der Waals surface area contributed by atoms with E-state index in [1.54, 1.807) is 0 Å². The quantitative estimate of drug-likeness (QED) is 0.716. The second-order valence-corrected chi connectivity index (χ2v) is 6.97. The normalized spacial score (nSPS) is 41.8. The van der Waals surface area contributed by atoms with Gasteiger partial charge in [-0.1, -0.05) is 12.1 Å². The van der Waals surface area contributed by atoms with Gasteiger partial charge in [0.25, 0.3) is 0 Å². The van der Waals surface area contributed by atoms with Crippen LogP contribution in [0.1, 0.15) is 24.8 Å². The average molecular weight is 265 g/mol. The maximum atomic E-state index is 12.9. The summed E-state index contributed by atoms with van der Waals surface area (Å²) in [6, 6.07) is 6.82. The number of alkyl halides is 1. The van der Waals surface area contributed by atoms with Crippen molar-refractivity contribution in [3.05, 3.63) is 35.6 Å². The van der Waals surface area contributed by atoms with Gasteiger partial charge in [0.2, 0.25) is 0 Å². The average Bonchev–Trinajstić information content (AvgIpc) is 2.82. The van der Waals surface area contributed by atoms with Crippen molar-refractivity contribution < 1.29 is 4.39 Å². The van der Waals surface area contributed by atoms with Crippen LogP contribution >= 0.6 is 11.6 Å². The van der Waals surface area contributed by atoms with Gasteiger partial charge in [-0.25, -0.2) is 4.39 Å². The van der Waals surface area contributed by atoms with Crippen LogP contribution in [-0.4, -0.2) is 5.38 Å². The number of benzene rings is 1. The Balaban J connectivity index is 1.43. The molecule has 2 bridgehead atoms. The van der Waals surface area contributed by atoms with Gasteiger partial charge in [-0.05, 0) is 73.0 Å². The zero-order valence-corrected chi connectivity index (χ0v) is 11.1. The minimum absolute atomic E-state index is 0.161. The summed E-state index contributed by atoms with van der Waals surface area (Å²) in [5, 5.41) is 0.258. The molecule has 0 spiro atoms. The summed E-state index contributed by atoms with van der Waals surface area (Å²) >= 11 is 6.62. The van der Waals surface area contributed by atoms with E-state index in [4.69, 9.17) is 11.6 Å². The minimum Gasteiger partial charge on any atom is -0.207 e. The summed E-state index contributed by atoms with van der Waals surface area (Å²) in [5.74, 6) is 4.44. The van der Waals surface area contributed by atoms with Crippen LogP contribution in [0.15, 0.2) is 24.3 Å². The van der Waals surface area contributed by atoms with Crippen molar-refractivity contribution in [2.45, 2.75) is 31.1 Å². The molecule has 0 amide bonds. The molecule has 0 nitrogen and oxygen atoms in total. The third-order valence-electron chi connectivity index (χ3n) is 5.56. The third kappa shape index (κ3) is 1.63. The van der Waals surface area contributed by atoms with Gasteiger partial charge < -0.3 is 0 Å². The van der Waals surface area contributed by atoms with E-state index in [0.29, 0.717) is 0 Å². The first-order chi connectivity index (χ1) is 8.74. The van der Waals surface area contributed by atoms with Crippen LogP contribution in [0.3, 0.4) is 0 Å². The van der Waals surface area contributed by atoms with Gasteiger partial charge in [0.05, 0.1) is 0 Å². The summed E-state index contributed by atoms with van der Waals surface area (Å²) in [4.78, 5) is 0. The van der Waals surface area contributed by atoms with Gasteiger partial charge in [-0.2, -0.15) is 0 Å². The lowest BCUT2D eigenvalue weighted by Gasteiger charge is -2.14. The highest BCUT2D eigenvalue weighted by atomic mass is 35.5. The van der Waals surface area contributed by atoms with E-state index in [0.717, 1.165) is 36.0 Å². The first kappa shape index (κ1) is 11.3. The largest absolute Gasteiger partial charge is 0.207 e. The van der Waals surface area contributed by atoms with Crippen molar-refractivity contribution in [2.24, 2.45) is 29.6 Å². The van der Waals surface area contributed by atoms with E-state index in [1.165, 1.54) is 37.0 Å². The zero-order chi connectivity index (χ0) is 12.3. The van der Waals surface area contributed by atoms with Crippen molar-refractivity contribution in [3.8, 4) is 0 Å². The molecule has 3 aliphatic carbocycles. The predicted molar refractivity (Wildman–Crippen MR) is 71.0 cm³/mol. The fraction of sp³-hybridized carbons (Fsp3) is 0.625. The monoisotopic (exact) mass is 264 g/mol. The van der Waals surface area contributed by atoms with Gasteiger partial charge in [0.1, 0.15) is 5.82 Å². The van der Waals surface area contributed by atoms with Gasteiger partial charge in [-0.3, -0.25) is 0 Å². The fourth-order valence-electron chi connectivity index (χ4n) is 4.86. The van der Waals surface area contributed by atoms with Crippen LogP contribution < -0.4 is 0 Å². The fourth-order valence-corrected chi connectivity index (χ4v) is 5.37. The Morgan fingerprint density at radius 1 is 1.11 bits per heavy atom. The van der Waals surface area contributed by atoms with Gasteiger partial charge in [0, 0.05) is 5.38 Å². The van der Waals surface area contributed by atoms with Gasteiger partial charge in [-0.15, -0.1) is 11.6 Å². The molecule has 3 fully saturated rings. The Kier molecular flexibility index (Phi) is 2.49. The second kappa shape index (κ2) is 3.96. The zero-order valence-electron chi connectivity index (χ0n) is 10.4. The number of rotatable bonds is 3. The van der Waals surface area contributed by atoms with Crippen molar-refractivity contribution in [3.63, 3.8) is 0 Å². The topological polar surface area (TPSA) is 0 Å². The second-order valence-electron chi connectivity index (χ2n) is 6.41. The van der Waals surface area contributed by atoms with E-state index < -0.39 is 0 Å². The maximum absolute atomic E-state index is 12.9. The first-order valence-corrected chi connectivity index (χ1v) is 7.56. The number of hydrogen-bond donors (Lipinski definition) is 0. The molecule has 0 saturated heterocycles. The summed E-state index contributed by atoms with van der Waals surface area (Å²) in [7, 11) is 0. The molecule has 18 heavy (non-hydrogen) atoms. The standard InChI is InChI=1S/C16H18ClF/c17-13(7-9-1-5-12(18)6-2-9)16-14-10-3-4-11(8-10)15(14)16/h1-2,5-6,10-11,13-16H,3-4,7-8H2. The van der Waals surface area contributed by atoms with E-state index in [1.807, 2.05) is 12.1 Å². The molecule has 0 radical (unpaired) electrons.